The summed E-state index contributed by atoms with van der Waals surface area (Å²) in [5.74, 6) is 0.790. The lowest BCUT2D eigenvalue weighted by molar-refractivity contribution is -0.138. The third-order valence-corrected chi connectivity index (χ3v) is 8.50. The Morgan fingerprint density at radius 1 is 0.953 bits per heavy atom. The summed E-state index contributed by atoms with van der Waals surface area (Å²) >= 11 is 1.29. The number of esters is 1. The number of aryl methyl sites for hydroxylation is 1. The average molecular weight is 591 g/mol. The highest BCUT2D eigenvalue weighted by Crippen LogP contribution is 2.42. The molecular formula is C35H30N2O5S. The fourth-order valence-electron chi connectivity index (χ4n) is 5.59. The lowest BCUT2D eigenvalue weighted by Crippen LogP contribution is -2.40. The van der Waals surface area contributed by atoms with Crippen LogP contribution in [0.2, 0.25) is 0 Å². The van der Waals surface area contributed by atoms with Crippen molar-refractivity contribution in [1.82, 2.24) is 4.57 Å². The van der Waals surface area contributed by atoms with Crippen LogP contribution in [-0.2, 0) is 9.53 Å². The van der Waals surface area contributed by atoms with Crippen LogP contribution in [0.25, 0.3) is 22.5 Å². The number of rotatable bonds is 7. The minimum absolute atomic E-state index is 0.172. The summed E-state index contributed by atoms with van der Waals surface area (Å²) in [6, 6.07) is 26.2. The molecule has 8 heteroatoms. The van der Waals surface area contributed by atoms with E-state index in [2.05, 4.69) is 0 Å². The van der Waals surface area contributed by atoms with Gasteiger partial charge in [0.05, 0.1) is 36.6 Å². The molecule has 5 aromatic rings. The number of hydrogen-bond acceptors (Lipinski definition) is 7. The number of carbonyl (C=O) groups is 1. The van der Waals surface area contributed by atoms with Gasteiger partial charge in [0, 0.05) is 11.1 Å². The Morgan fingerprint density at radius 3 is 2.40 bits per heavy atom. The summed E-state index contributed by atoms with van der Waals surface area (Å²) in [4.78, 5) is 33.7. The van der Waals surface area contributed by atoms with E-state index in [0.29, 0.717) is 26.3 Å². The van der Waals surface area contributed by atoms with Gasteiger partial charge < -0.3 is 14.2 Å². The molecule has 0 bridgehead atoms. The van der Waals surface area contributed by atoms with Crippen LogP contribution in [0.4, 0.5) is 0 Å². The van der Waals surface area contributed by atoms with Crippen molar-refractivity contribution < 1.29 is 19.0 Å². The molecule has 0 saturated carbocycles. The number of carbonyl (C=O) groups excluding carboxylic acids is 1. The molecule has 0 saturated heterocycles. The second kappa shape index (κ2) is 11.7. The zero-order valence-electron chi connectivity index (χ0n) is 24.3. The Kier molecular flexibility index (Phi) is 7.69. The predicted octanol–water partition coefficient (Wildman–Crippen LogP) is 5.41. The molecule has 216 valence electrons. The third kappa shape index (κ3) is 5.04. The Balaban J connectivity index is 1.72. The van der Waals surface area contributed by atoms with Gasteiger partial charge in [-0.25, -0.2) is 9.79 Å². The van der Waals surface area contributed by atoms with Crippen LogP contribution in [0.5, 0.6) is 11.5 Å². The molecule has 1 atom stereocenters. The summed E-state index contributed by atoms with van der Waals surface area (Å²) in [6.45, 7) is 3.90. The minimum atomic E-state index is -0.855. The topological polar surface area (TPSA) is 79.1 Å². The van der Waals surface area contributed by atoms with Gasteiger partial charge in [-0.2, -0.15) is 0 Å². The molecule has 6 rings (SSSR count). The van der Waals surface area contributed by atoms with Gasteiger partial charge in [0.2, 0.25) is 0 Å². The van der Waals surface area contributed by atoms with E-state index in [9.17, 15) is 9.59 Å². The van der Waals surface area contributed by atoms with Crippen molar-refractivity contribution in [3.05, 3.63) is 132 Å². The summed E-state index contributed by atoms with van der Waals surface area (Å²) in [5.41, 5.74) is 3.74. The van der Waals surface area contributed by atoms with Crippen LogP contribution in [0, 0.1) is 6.92 Å². The quantitative estimate of drug-likeness (QED) is 0.237. The van der Waals surface area contributed by atoms with E-state index in [0.717, 1.165) is 33.2 Å². The highest BCUT2D eigenvalue weighted by atomic mass is 32.1. The number of aromatic nitrogens is 1. The first-order valence-corrected chi connectivity index (χ1v) is 14.8. The highest BCUT2D eigenvalue weighted by molar-refractivity contribution is 7.07. The molecule has 2 heterocycles. The smallest absolute Gasteiger partial charge is 0.338 e. The van der Waals surface area contributed by atoms with Gasteiger partial charge in [-0.15, -0.1) is 0 Å². The molecule has 0 fully saturated rings. The number of methoxy groups -OCH3 is 2. The third-order valence-electron chi connectivity index (χ3n) is 7.51. The fourth-order valence-corrected chi connectivity index (χ4v) is 6.59. The van der Waals surface area contributed by atoms with Crippen molar-refractivity contribution in [1.29, 1.82) is 0 Å². The largest absolute Gasteiger partial charge is 0.496 e. The normalized spacial score (nSPS) is 14.8. The molecule has 0 spiro atoms. The fraction of sp³-hybridized carbons (Fsp3) is 0.171. The van der Waals surface area contributed by atoms with Crippen LogP contribution < -0.4 is 24.4 Å². The van der Waals surface area contributed by atoms with Crippen molar-refractivity contribution in [3.63, 3.8) is 0 Å². The van der Waals surface area contributed by atoms with Crippen molar-refractivity contribution in [2.24, 2.45) is 4.99 Å². The van der Waals surface area contributed by atoms with Gasteiger partial charge in [0.1, 0.15) is 17.5 Å². The van der Waals surface area contributed by atoms with E-state index >= 15 is 0 Å². The van der Waals surface area contributed by atoms with Crippen LogP contribution >= 0.6 is 11.3 Å². The molecule has 1 aromatic heterocycles. The maximum absolute atomic E-state index is 14.4. The molecule has 4 aromatic carbocycles. The summed E-state index contributed by atoms with van der Waals surface area (Å²) in [5, 5.41) is 1.82. The molecule has 0 amide bonds. The Bertz CT molecular complexity index is 2080. The Morgan fingerprint density at radius 2 is 1.67 bits per heavy atom. The second-order valence-corrected chi connectivity index (χ2v) is 11.1. The summed E-state index contributed by atoms with van der Waals surface area (Å²) in [7, 11) is 3.22. The number of benzene rings is 4. The lowest BCUT2D eigenvalue weighted by Gasteiger charge is -2.28. The molecule has 1 aliphatic rings. The maximum atomic E-state index is 14.4. The number of thiazole rings is 1. The van der Waals surface area contributed by atoms with Crippen LogP contribution in [0.3, 0.4) is 0 Å². The lowest BCUT2D eigenvalue weighted by atomic mass is 9.89. The number of ether oxygens (including phenoxy) is 3. The molecule has 7 nitrogen and oxygen atoms in total. The van der Waals surface area contributed by atoms with E-state index < -0.39 is 12.0 Å². The average Bonchev–Trinajstić information content (AvgIpc) is 3.34. The van der Waals surface area contributed by atoms with Gasteiger partial charge in [0.15, 0.2) is 4.80 Å². The predicted molar refractivity (Wildman–Crippen MR) is 169 cm³/mol. The van der Waals surface area contributed by atoms with Crippen molar-refractivity contribution in [2.75, 3.05) is 20.8 Å². The number of hydrogen-bond donors (Lipinski definition) is 0. The first-order valence-electron chi connectivity index (χ1n) is 13.9. The van der Waals surface area contributed by atoms with Crippen LogP contribution in [-0.4, -0.2) is 31.4 Å². The van der Waals surface area contributed by atoms with E-state index in [1.807, 2.05) is 97.9 Å². The molecule has 1 aliphatic heterocycles. The highest BCUT2D eigenvalue weighted by Gasteiger charge is 2.37. The van der Waals surface area contributed by atoms with Crippen LogP contribution in [0.15, 0.2) is 100 Å². The standard InChI is InChI=1S/C35H30N2O5S/c1-5-42-34(39)30-31(24-12-7-6-8-13-24)36-35-37(32(30)29-25-14-10-9-11-23(25)16-18-27(29)41-4)33(38)28(43-35)20-22-15-17-26(40-3)21(2)19-22/h6-20,32H,5H2,1-4H3. The SMILES string of the molecule is CCOC(=O)C1=C(c2ccccc2)N=c2sc(=Cc3ccc(OC)c(C)c3)c(=O)n2C1c1c(OC)ccc2ccccc12. The minimum Gasteiger partial charge on any atom is -0.496 e. The Labute approximate surface area is 252 Å². The van der Waals surface area contributed by atoms with Gasteiger partial charge in [-0.1, -0.05) is 78.1 Å². The van der Waals surface area contributed by atoms with Crippen molar-refractivity contribution in [2.45, 2.75) is 19.9 Å². The monoisotopic (exact) mass is 590 g/mol. The first kappa shape index (κ1) is 28.2. The van der Waals surface area contributed by atoms with Crippen molar-refractivity contribution in [3.8, 4) is 11.5 Å². The zero-order chi connectivity index (χ0) is 30.1. The van der Waals surface area contributed by atoms with E-state index in [-0.39, 0.29) is 17.7 Å². The molecular weight excluding hydrogens is 560 g/mol. The molecule has 0 radical (unpaired) electrons. The summed E-state index contributed by atoms with van der Waals surface area (Å²) < 4.78 is 19.0. The van der Waals surface area contributed by atoms with Gasteiger partial charge in [-0.05, 0) is 60.0 Å². The summed E-state index contributed by atoms with van der Waals surface area (Å²) in [6.07, 6.45) is 1.85. The van der Waals surface area contributed by atoms with E-state index in [1.54, 1.807) is 25.7 Å². The van der Waals surface area contributed by atoms with E-state index in [4.69, 9.17) is 19.2 Å². The van der Waals surface area contributed by atoms with Gasteiger partial charge in [-0.3, -0.25) is 9.36 Å². The zero-order valence-corrected chi connectivity index (χ0v) is 25.1. The molecule has 0 N–H and O–H groups in total. The first-order chi connectivity index (χ1) is 20.9. The second-order valence-electron chi connectivity index (χ2n) is 10.1. The Hall–Kier alpha value is -4.95. The van der Waals surface area contributed by atoms with Crippen molar-refractivity contribution >= 4 is 39.9 Å². The number of fused-ring (bicyclic) bond motifs is 2. The van der Waals surface area contributed by atoms with Gasteiger partial charge in [0.25, 0.3) is 5.56 Å². The molecule has 1 unspecified atom stereocenters. The molecule has 43 heavy (non-hydrogen) atoms. The maximum Gasteiger partial charge on any atom is 0.338 e. The van der Waals surface area contributed by atoms with E-state index in [1.165, 1.54) is 11.3 Å². The molecule has 0 aliphatic carbocycles. The van der Waals surface area contributed by atoms with Crippen LogP contribution in [0.1, 0.15) is 35.2 Å². The van der Waals surface area contributed by atoms with Gasteiger partial charge >= 0.3 is 5.97 Å². The number of nitrogens with zero attached hydrogens (tertiary/aromatic N) is 2.